The normalized spacial score (nSPS) is 39.2. The Morgan fingerprint density at radius 2 is 2.06 bits per heavy atom. The Hall–Kier alpha value is -0.180. The van der Waals surface area contributed by atoms with Crippen LogP contribution in [0.25, 0.3) is 0 Å². The molecular formula is C13H24N2S. The van der Waals surface area contributed by atoms with Crippen molar-refractivity contribution in [3.8, 4) is 0 Å². The lowest BCUT2D eigenvalue weighted by Crippen LogP contribution is -2.35. The summed E-state index contributed by atoms with van der Waals surface area (Å²) in [7, 11) is 0. The van der Waals surface area contributed by atoms with Gasteiger partial charge in [0, 0.05) is 11.8 Å². The number of nitrogens with zero attached hydrogens (tertiary/aromatic N) is 1. The summed E-state index contributed by atoms with van der Waals surface area (Å²) in [4.78, 5) is 4.78. The highest BCUT2D eigenvalue weighted by molar-refractivity contribution is 8.14. The number of rotatable bonds is 2. The second kappa shape index (κ2) is 4.99. The number of hydrogen-bond acceptors (Lipinski definition) is 3. The van der Waals surface area contributed by atoms with Crippen LogP contribution in [0.2, 0.25) is 0 Å². The molecule has 0 amide bonds. The van der Waals surface area contributed by atoms with Gasteiger partial charge in [0.05, 0.1) is 6.04 Å². The molecule has 1 heterocycles. The van der Waals surface area contributed by atoms with E-state index in [1.807, 2.05) is 11.8 Å². The fourth-order valence-electron chi connectivity index (χ4n) is 2.54. The summed E-state index contributed by atoms with van der Waals surface area (Å²) in [5, 5.41) is 4.85. The maximum absolute atomic E-state index is 4.78. The monoisotopic (exact) mass is 240 g/mol. The van der Waals surface area contributed by atoms with Crippen LogP contribution >= 0.6 is 11.8 Å². The molecule has 16 heavy (non-hydrogen) atoms. The molecule has 0 saturated heterocycles. The van der Waals surface area contributed by atoms with E-state index in [1.54, 1.807) is 0 Å². The first-order chi connectivity index (χ1) is 7.58. The van der Waals surface area contributed by atoms with Crippen molar-refractivity contribution >= 4 is 16.9 Å². The predicted octanol–water partition coefficient (Wildman–Crippen LogP) is 3.14. The lowest BCUT2D eigenvalue weighted by atomic mass is 9.98. The Bertz CT molecular complexity index is 275. The van der Waals surface area contributed by atoms with Gasteiger partial charge < -0.3 is 5.32 Å². The van der Waals surface area contributed by atoms with Crippen LogP contribution in [0.1, 0.15) is 40.5 Å². The molecular weight excluding hydrogens is 216 g/mol. The summed E-state index contributed by atoms with van der Waals surface area (Å²) < 4.78 is 0. The largest absolute Gasteiger partial charge is 0.362 e. The first kappa shape index (κ1) is 12.3. The van der Waals surface area contributed by atoms with E-state index in [-0.39, 0.29) is 0 Å². The van der Waals surface area contributed by atoms with Gasteiger partial charge in [0.25, 0.3) is 0 Å². The smallest absolute Gasteiger partial charge is 0.157 e. The maximum Gasteiger partial charge on any atom is 0.157 e. The molecule has 92 valence electrons. The molecule has 2 nitrogen and oxygen atoms in total. The molecule has 0 aromatic carbocycles. The Kier molecular flexibility index (Phi) is 3.83. The average Bonchev–Trinajstić information content (AvgIpc) is 2.81. The van der Waals surface area contributed by atoms with Crippen molar-refractivity contribution in [2.75, 3.05) is 5.75 Å². The molecule has 2 aliphatic rings. The lowest BCUT2D eigenvalue weighted by molar-refractivity contribution is 0.403. The number of amidine groups is 1. The predicted molar refractivity (Wildman–Crippen MR) is 73.0 cm³/mol. The van der Waals surface area contributed by atoms with Crippen LogP contribution in [0.15, 0.2) is 4.99 Å². The zero-order valence-corrected chi connectivity index (χ0v) is 11.7. The van der Waals surface area contributed by atoms with Crippen LogP contribution in [0.4, 0.5) is 0 Å². The van der Waals surface area contributed by atoms with E-state index in [2.05, 4.69) is 33.0 Å². The molecule has 0 radical (unpaired) electrons. The van der Waals surface area contributed by atoms with Crippen LogP contribution in [0, 0.1) is 17.8 Å². The molecule has 1 aliphatic heterocycles. The van der Waals surface area contributed by atoms with Gasteiger partial charge in [-0.25, -0.2) is 0 Å². The highest BCUT2D eigenvalue weighted by Gasteiger charge is 2.31. The van der Waals surface area contributed by atoms with E-state index in [1.165, 1.54) is 18.0 Å². The van der Waals surface area contributed by atoms with Crippen molar-refractivity contribution in [3.63, 3.8) is 0 Å². The number of nitrogens with one attached hydrogen (secondary N) is 1. The van der Waals surface area contributed by atoms with Gasteiger partial charge >= 0.3 is 0 Å². The standard InChI is InChI=1S/C13H24N2S/c1-8(2)12-7-16-13(15-12)14-11-6-5-9(3)10(11)4/h8-12H,5-7H2,1-4H3,(H,14,15). The lowest BCUT2D eigenvalue weighted by Gasteiger charge is -2.20. The molecule has 4 unspecified atom stereocenters. The van der Waals surface area contributed by atoms with Crippen LogP contribution in [-0.2, 0) is 0 Å². The molecule has 3 heteroatoms. The summed E-state index contributed by atoms with van der Waals surface area (Å²) in [5.41, 5.74) is 0. The zero-order chi connectivity index (χ0) is 11.7. The minimum atomic E-state index is 0.529. The minimum absolute atomic E-state index is 0.529. The second-order valence-electron chi connectivity index (χ2n) is 5.72. The summed E-state index contributed by atoms with van der Waals surface area (Å²) in [6, 6.07) is 1.19. The maximum atomic E-state index is 4.78. The van der Waals surface area contributed by atoms with E-state index >= 15 is 0 Å². The van der Waals surface area contributed by atoms with Gasteiger partial charge in [-0.1, -0.05) is 39.5 Å². The first-order valence-corrected chi connectivity index (χ1v) is 7.53. The summed E-state index contributed by atoms with van der Waals surface area (Å²) in [6.45, 7) is 9.26. The Labute approximate surface area is 104 Å². The third-order valence-corrected chi connectivity index (χ3v) is 5.22. The molecule has 4 atom stereocenters. The summed E-state index contributed by atoms with van der Waals surface area (Å²) in [6.07, 6.45) is 2.68. The molecule has 0 aromatic heterocycles. The van der Waals surface area contributed by atoms with Gasteiger partial charge in [-0.05, 0) is 30.6 Å². The Morgan fingerprint density at radius 3 is 2.56 bits per heavy atom. The van der Waals surface area contributed by atoms with Crippen molar-refractivity contribution in [2.45, 2.75) is 52.6 Å². The van der Waals surface area contributed by atoms with Crippen LogP contribution in [-0.4, -0.2) is 23.0 Å². The van der Waals surface area contributed by atoms with Gasteiger partial charge in [0.2, 0.25) is 0 Å². The highest BCUT2D eigenvalue weighted by Crippen LogP contribution is 2.32. The van der Waals surface area contributed by atoms with Gasteiger partial charge in [-0.15, -0.1) is 0 Å². The molecule has 1 fully saturated rings. The first-order valence-electron chi connectivity index (χ1n) is 6.55. The van der Waals surface area contributed by atoms with Crippen molar-refractivity contribution in [2.24, 2.45) is 22.7 Å². The third kappa shape index (κ3) is 2.55. The molecule has 2 rings (SSSR count). The molecule has 1 aliphatic carbocycles. The molecule has 0 aromatic rings. The van der Waals surface area contributed by atoms with Gasteiger partial charge in [-0.3, -0.25) is 4.99 Å². The van der Waals surface area contributed by atoms with E-state index in [0.717, 1.165) is 17.6 Å². The van der Waals surface area contributed by atoms with Crippen molar-refractivity contribution in [3.05, 3.63) is 0 Å². The molecule has 1 saturated carbocycles. The van der Waals surface area contributed by atoms with Crippen molar-refractivity contribution in [1.82, 2.24) is 5.32 Å². The van der Waals surface area contributed by atoms with Gasteiger partial charge in [0.1, 0.15) is 0 Å². The van der Waals surface area contributed by atoms with E-state index < -0.39 is 0 Å². The second-order valence-corrected chi connectivity index (χ2v) is 6.73. The summed E-state index contributed by atoms with van der Waals surface area (Å²) in [5.74, 6) is 3.50. The van der Waals surface area contributed by atoms with Crippen LogP contribution in [0.5, 0.6) is 0 Å². The van der Waals surface area contributed by atoms with Gasteiger partial charge in [-0.2, -0.15) is 0 Å². The molecule has 0 spiro atoms. The number of thioether (sulfide) groups is 1. The molecule has 1 N–H and O–H groups in total. The highest BCUT2D eigenvalue weighted by atomic mass is 32.2. The quantitative estimate of drug-likeness (QED) is 0.802. The SMILES string of the molecule is CC(C)C1CSC(NC2CCC(C)C2C)=N1. The van der Waals surface area contributed by atoms with E-state index in [4.69, 9.17) is 4.99 Å². The fraction of sp³-hybridized carbons (Fsp3) is 0.923. The molecule has 0 bridgehead atoms. The third-order valence-electron chi connectivity index (χ3n) is 4.22. The topological polar surface area (TPSA) is 24.4 Å². The number of hydrogen-bond donors (Lipinski definition) is 1. The van der Waals surface area contributed by atoms with E-state index in [9.17, 15) is 0 Å². The Balaban J connectivity index is 1.89. The van der Waals surface area contributed by atoms with Crippen molar-refractivity contribution in [1.29, 1.82) is 0 Å². The average molecular weight is 240 g/mol. The van der Waals surface area contributed by atoms with Gasteiger partial charge in [0.15, 0.2) is 5.17 Å². The minimum Gasteiger partial charge on any atom is -0.362 e. The number of aliphatic imine (C=N–C) groups is 1. The van der Waals surface area contributed by atoms with Crippen LogP contribution in [0.3, 0.4) is 0 Å². The van der Waals surface area contributed by atoms with Crippen molar-refractivity contribution < 1.29 is 0 Å². The summed E-state index contributed by atoms with van der Waals surface area (Å²) >= 11 is 1.91. The van der Waals surface area contributed by atoms with Crippen LogP contribution < -0.4 is 5.32 Å². The fourth-order valence-corrected chi connectivity index (χ4v) is 3.77. The zero-order valence-electron chi connectivity index (χ0n) is 10.9. The Morgan fingerprint density at radius 1 is 1.31 bits per heavy atom. The van der Waals surface area contributed by atoms with E-state index in [0.29, 0.717) is 18.0 Å².